The fourth-order valence-electron chi connectivity index (χ4n) is 2.14. The van der Waals surface area contributed by atoms with Crippen LogP contribution in [0.2, 0.25) is 0 Å². The summed E-state index contributed by atoms with van der Waals surface area (Å²) in [6.07, 6.45) is 0. The molecule has 0 unspecified atom stereocenters. The van der Waals surface area contributed by atoms with E-state index in [0.29, 0.717) is 19.8 Å². The zero-order chi connectivity index (χ0) is 10.8. The van der Waals surface area contributed by atoms with Crippen LogP contribution in [0.1, 0.15) is 11.6 Å². The van der Waals surface area contributed by atoms with Crippen LogP contribution < -0.4 is 14.8 Å². The highest BCUT2D eigenvalue weighted by Crippen LogP contribution is 2.37. The third-order valence-corrected chi connectivity index (χ3v) is 2.89. The highest BCUT2D eigenvalue weighted by Gasteiger charge is 2.23. The molecular formula is C12H15NO3. The summed E-state index contributed by atoms with van der Waals surface area (Å²) < 4.78 is 16.7. The van der Waals surface area contributed by atoms with E-state index in [1.165, 1.54) is 0 Å². The van der Waals surface area contributed by atoms with Crippen molar-refractivity contribution < 1.29 is 14.2 Å². The first-order valence-electron chi connectivity index (χ1n) is 5.65. The fraction of sp³-hybridized carbons (Fsp3) is 0.500. The van der Waals surface area contributed by atoms with Crippen molar-refractivity contribution in [3.05, 3.63) is 23.8 Å². The van der Waals surface area contributed by atoms with Crippen LogP contribution in [0, 0.1) is 0 Å². The second-order valence-electron chi connectivity index (χ2n) is 3.95. The Morgan fingerprint density at radius 2 is 2.06 bits per heavy atom. The monoisotopic (exact) mass is 221 g/mol. The fourth-order valence-corrected chi connectivity index (χ4v) is 2.14. The number of hydrogen-bond acceptors (Lipinski definition) is 4. The van der Waals surface area contributed by atoms with Crippen molar-refractivity contribution in [1.82, 2.24) is 5.32 Å². The Balaban J connectivity index is 1.93. The molecule has 2 aliphatic heterocycles. The van der Waals surface area contributed by atoms with E-state index >= 15 is 0 Å². The van der Waals surface area contributed by atoms with Gasteiger partial charge in [-0.25, -0.2) is 0 Å². The zero-order valence-electron chi connectivity index (χ0n) is 9.07. The third-order valence-electron chi connectivity index (χ3n) is 2.89. The Morgan fingerprint density at radius 3 is 2.94 bits per heavy atom. The number of benzene rings is 1. The van der Waals surface area contributed by atoms with Crippen LogP contribution in [-0.4, -0.2) is 33.0 Å². The van der Waals surface area contributed by atoms with Gasteiger partial charge in [0.05, 0.1) is 19.3 Å². The molecule has 0 amide bonds. The molecule has 1 N–H and O–H groups in total. The van der Waals surface area contributed by atoms with Crippen LogP contribution in [0.25, 0.3) is 0 Å². The van der Waals surface area contributed by atoms with E-state index in [1.54, 1.807) is 0 Å². The summed E-state index contributed by atoms with van der Waals surface area (Å²) in [5.74, 6) is 1.72. The molecule has 1 fully saturated rings. The molecule has 0 radical (unpaired) electrons. The van der Waals surface area contributed by atoms with Gasteiger partial charge in [0.15, 0.2) is 11.5 Å². The van der Waals surface area contributed by atoms with Gasteiger partial charge in [-0.2, -0.15) is 0 Å². The molecule has 0 saturated carbocycles. The maximum Gasteiger partial charge on any atom is 0.166 e. The molecule has 1 aromatic carbocycles. The highest BCUT2D eigenvalue weighted by atomic mass is 16.6. The first-order chi connectivity index (χ1) is 7.95. The molecule has 1 saturated heterocycles. The smallest absolute Gasteiger partial charge is 0.166 e. The molecule has 0 aliphatic carbocycles. The second kappa shape index (κ2) is 4.31. The normalized spacial score (nSPS) is 24.1. The van der Waals surface area contributed by atoms with Crippen LogP contribution in [0.5, 0.6) is 11.5 Å². The minimum atomic E-state index is 0.213. The number of nitrogens with one attached hydrogen (secondary N) is 1. The van der Waals surface area contributed by atoms with E-state index in [0.717, 1.165) is 30.2 Å². The summed E-state index contributed by atoms with van der Waals surface area (Å²) in [4.78, 5) is 0. The van der Waals surface area contributed by atoms with Gasteiger partial charge in [-0.05, 0) is 6.07 Å². The highest BCUT2D eigenvalue weighted by molar-refractivity contribution is 5.49. The number of ether oxygens (including phenoxy) is 3. The third kappa shape index (κ3) is 1.74. The van der Waals surface area contributed by atoms with Crippen molar-refractivity contribution in [1.29, 1.82) is 0 Å². The number of rotatable bonds is 1. The van der Waals surface area contributed by atoms with Crippen molar-refractivity contribution >= 4 is 0 Å². The molecule has 2 heterocycles. The summed E-state index contributed by atoms with van der Waals surface area (Å²) in [6, 6.07) is 6.23. The van der Waals surface area contributed by atoms with Crippen LogP contribution in [0.15, 0.2) is 18.2 Å². The van der Waals surface area contributed by atoms with Gasteiger partial charge in [-0.15, -0.1) is 0 Å². The molecule has 4 heteroatoms. The molecule has 0 aromatic heterocycles. The van der Waals surface area contributed by atoms with Crippen LogP contribution in [0.3, 0.4) is 0 Å². The van der Waals surface area contributed by atoms with Crippen molar-refractivity contribution in [2.24, 2.45) is 0 Å². The van der Waals surface area contributed by atoms with Crippen LogP contribution in [-0.2, 0) is 4.74 Å². The minimum Gasteiger partial charge on any atom is -0.486 e. The lowest BCUT2D eigenvalue weighted by Gasteiger charge is -2.28. The van der Waals surface area contributed by atoms with E-state index in [9.17, 15) is 0 Å². The number of fused-ring (bicyclic) bond motifs is 1. The van der Waals surface area contributed by atoms with Gasteiger partial charge in [0.1, 0.15) is 13.2 Å². The van der Waals surface area contributed by atoms with Crippen molar-refractivity contribution in [2.75, 3.05) is 33.0 Å². The zero-order valence-corrected chi connectivity index (χ0v) is 9.07. The molecule has 16 heavy (non-hydrogen) atoms. The quantitative estimate of drug-likeness (QED) is 0.771. The van der Waals surface area contributed by atoms with E-state index in [2.05, 4.69) is 11.4 Å². The summed E-state index contributed by atoms with van der Waals surface area (Å²) in [6.45, 7) is 3.61. The maximum atomic E-state index is 5.69. The minimum absolute atomic E-state index is 0.213. The topological polar surface area (TPSA) is 39.7 Å². The number of morpholine rings is 1. The Kier molecular flexibility index (Phi) is 2.68. The SMILES string of the molecule is c1cc2c(c([C@@H]3COCCN3)c1)OCCO2. The molecule has 0 spiro atoms. The van der Waals surface area contributed by atoms with Crippen LogP contribution in [0.4, 0.5) is 0 Å². The lowest BCUT2D eigenvalue weighted by Crippen LogP contribution is -2.35. The van der Waals surface area contributed by atoms with Gasteiger partial charge in [0, 0.05) is 12.1 Å². The molecule has 2 aliphatic rings. The summed E-state index contributed by atoms with van der Waals surface area (Å²) >= 11 is 0. The van der Waals surface area contributed by atoms with Gasteiger partial charge in [0.2, 0.25) is 0 Å². The first kappa shape index (κ1) is 9.93. The van der Waals surface area contributed by atoms with Gasteiger partial charge >= 0.3 is 0 Å². The van der Waals surface area contributed by atoms with Crippen molar-refractivity contribution in [3.63, 3.8) is 0 Å². The second-order valence-corrected chi connectivity index (χ2v) is 3.95. The first-order valence-corrected chi connectivity index (χ1v) is 5.65. The van der Waals surface area contributed by atoms with E-state index < -0.39 is 0 Å². The molecule has 86 valence electrons. The predicted molar refractivity (Wildman–Crippen MR) is 59.0 cm³/mol. The van der Waals surface area contributed by atoms with Crippen molar-refractivity contribution in [3.8, 4) is 11.5 Å². The lowest BCUT2D eigenvalue weighted by molar-refractivity contribution is 0.0745. The lowest BCUT2D eigenvalue weighted by atomic mass is 10.0. The Bertz CT molecular complexity index is 375. The van der Waals surface area contributed by atoms with Gasteiger partial charge in [-0.1, -0.05) is 12.1 Å². The average Bonchev–Trinajstić information content (AvgIpc) is 2.39. The molecule has 1 atom stereocenters. The largest absolute Gasteiger partial charge is 0.486 e. The molecular weight excluding hydrogens is 206 g/mol. The molecule has 4 nitrogen and oxygen atoms in total. The van der Waals surface area contributed by atoms with Crippen molar-refractivity contribution in [2.45, 2.75) is 6.04 Å². The van der Waals surface area contributed by atoms with E-state index in [1.807, 2.05) is 12.1 Å². The van der Waals surface area contributed by atoms with Crippen LogP contribution >= 0.6 is 0 Å². The Morgan fingerprint density at radius 1 is 1.12 bits per heavy atom. The number of para-hydroxylation sites is 1. The van der Waals surface area contributed by atoms with E-state index in [4.69, 9.17) is 14.2 Å². The molecule has 0 bridgehead atoms. The standard InChI is InChI=1S/C12H15NO3/c1-2-9(10-8-14-5-4-13-10)12-11(3-1)15-6-7-16-12/h1-3,10,13H,4-8H2/t10-/m0/s1. The Hall–Kier alpha value is -1.26. The van der Waals surface area contributed by atoms with Gasteiger partial charge in [-0.3, -0.25) is 0 Å². The van der Waals surface area contributed by atoms with E-state index in [-0.39, 0.29) is 6.04 Å². The molecule has 3 rings (SSSR count). The average molecular weight is 221 g/mol. The summed E-state index contributed by atoms with van der Waals surface area (Å²) in [5, 5.41) is 3.42. The van der Waals surface area contributed by atoms with Gasteiger partial charge < -0.3 is 19.5 Å². The number of hydrogen-bond donors (Lipinski definition) is 1. The predicted octanol–water partition coefficient (Wildman–Crippen LogP) is 1.12. The maximum absolute atomic E-state index is 5.69. The summed E-state index contributed by atoms with van der Waals surface area (Å²) in [7, 11) is 0. The summed E-state index contributed by atoms with van der Waals surface area (Å²) in [5.41, 5.74) is 1.14. The van der Waals surface area contributed by atoms with Gasteiger partial charge in [0.25, 0.3) is 0 Å². The molecule has 1 aromatic rings. The Labute approximate surface area is 94.5 Å².